The second-order valence-corrected chi connectivity index (χ2v) is 5.24. The lowest BCUT2D eigenvalue weighted by molar-refractivity contribution is -0.118. The first kappa shape index (κ1) is 15.4. The number of hydrogen-bond donors (Lipinski definition) is 2. The molecule has 0 bridgehead atoms. The molecule has 0 radical (unpaired) electrons. The van der Waals surface area contributed by atoms with Gasteiger partial charge in [-0.3, -0.25) is 4.79 Å². The number of nitrogens with two attached hydrogens (primary N) is 1. The van der Waals surface area contributed by atoms with Crippen LogP contribution in [0.15, 0.2) is 12.1 Å². The Bertz CT molecular complexity index is 586. The molecule has 7 heteroatoms. The van der Waals surface area contributed by atoms with E-state index in [4.69, 9.17) is 5.73 Å². The minimum Gasteiger partial charge on any atom is -0.465 e. The van der Waals surface area contributed by atoms with Crippen molar-refractivity contribution in [3.05, 3.63) is 29.3 Å². The summed E-state index contributed by atoms with van der Waals surface area (Å²) >= 11 is 0. The molecule has 1 saturated carbocycles. The molecule has 0 unspecified atom stereocenters. The molecule has 2 rings (SSSR count). The quantitative estimate of drug-likeness (QED) is 0.833. The molecule has 1 fully saturated rings. The summed E-state index contributed by atoms with van der Waals surface area (Å²) in [6.07, 6.45) is 2.48. The van der Waals surface area contributed by atoms with E-state index in [0.29, 0.717) is 6.07 Å². The summed E-state index contributed by atoms with van der Waals surface area (Å²) in [6.45, 7) is 0. The molecule has 1 aliphatic carbocycles. The van der Waals surface area contributed by atoms with Crippen LogP contribution in [0.2, 0.25) is 0 Å². The number of anilines is 1. The maximum atomic E-state index is 13.6. The molecule has 0 aliphatic heterocycles. The van der Waals surface area contributed by atoms with Gasteiger partial charge in [0.25, 0.3) is 0 Å². The molecule has 1 aromatic rings. The van der Waals surface area contributed by atoms with Crippen molar-refractivity contribution in [2.75, 3.05) is 12.4 Å². The Balaban J connectivity index is 2.15. The lowest BCUT2D eigenvalue weighted by Gasteiger charge is -2.37. The van der Waals surface area contributed by atoms with Crippen molar-refractivity contribution in [1.29, 1.82) is 0 Å². The van der Waals surface area contributed by atoms with Crippen molar-refractivity contribution in [3.8, 4) is 0 Å². The number of methoxy groups -OCH3 is 1. The van der Waals surface area contributed by atoms with Crippen LogP contribution in [0.25, 0.3) is 0 Å². The summed E-state index contributed by atoms with van der Waals surface area (Å²) in [4.78, 5) is 23.2. The average Bonchev–Trinajstić information content (AvgIpc) is 2.39. The number of carbonyl (C=O) groups excluding carboxylic acids is 2. The van der Waals surface area contributed by atoms with E-state index in [9.17, 15) is 18.4 Å². The fourth-order valence-electron chi connectivity index (χ4n) is 2.23. The highest BCUT2D eigenvalue weighted by Gasteiger charge is 2.34. The molecule has 1 aromatic carbocycles. The monoisotopic (exact) mass is 298 g/mol. The molecule has 0 heterocycles. The topological polar surface area (TPSA) is 81.4 Å². The largest absolute Gasteiger partial charge is 0.465 e. The molecule has 0 aromatic heterocycles. The summed E-state index contributed by atoms with van der Waals surface area (Å²) in [5, 5.41) is 2.31. The summed E-state index contributed by atoms with van der Waals surface area (Å²) < 4.78 is 31.5. The van der Waals surface area contributed by atoms with E-state index in [2.05, 4.69) is 10.1 Å². The molecule has 0 atom stereocenters. The Hall–Kier alpha value is -2.02. The van der Waals surface area contributed by atoms with Crippen LogP contribution in [0.1, 0.15) is 36.0 Å². The average molecular weight is 298 g/mol. The number of rotatable bonds is 4. The summed E-state index contributed by atoms with van der Waals surface area (Å²) in [7, 11) is 1.08. The zero-order valence-electron chi connectivity index (χ0n) is 11.5. The van der Waals surface area contributed by atoms with Crippen molar-refractivity contribution >= 4 is 17.6 Å². The van der Waals surface area contributed by atoms with Gasteiger partial charge in [0.1, 0.15) is 11.6 Å². The van der Waals surface area contributed by atoms with E-state index in [-0.39, 0.29) is 12.1 Å². The molecule has 1 aliphatic rings. The Morgan fingerprint density at radius 3 is 2.52 bits per heavy atom. The molecule has 1 amide bonds. The van der Waals surface area contributed by atoms with Crippen LogP contribution in [-0.2, 0) is 9.53 Å². The van der Waals surface area contributed by atoms with Crippen molar-refractivity contribution in [2.45, 2.75) is 31.2 Å². The van der Waals surface area contributed by atoms with Gasteiger partial charge in [0, 0.05) is 18.0 Å². The first-order valence-corrected chi connectivity index (χ1v) is 6.51. The van der Waals surface area contributed by atoms with Crippen molar-refractivity contribution in [3.63, 3.8) is 0 Å². The number of benzene rings is 1. The Morgan fingerprint density at radius 1 is 1.33 bits per heavy atom. The van der Waals surface area contributed by atoms with E-state index < -0.39 is 34.6 Å². The summed E-state index contributed by atoms with van der Waals surface area (Å²) in [6, 6.07) is 1.45. The molecular formula is C14H16F2N2O3. The first-order valence-electron chi connectivity index (χ1n) is 6.51. The van der Waals surface area contributed by atoms with Crippen LogP contribution in [0.4, 0.5) is 14.5 Å². The third-order valence-corrected chi connectivity index (χ3v) is 3.60. The maximum absolute atomic E-state index is 13.6. The fraction of sp³-hybridized carbons (Fsp3) is 0.429. The second kappa shape index (κ2) is 5.77. The highest BCUT2D eigenvalue weighted by Crippen LogP contribution is 2.32. The standard InChI is InChI=1S/C14H16F2N2O3/c1-21-13(20)8-5-11(10(16)6-9(8)15)18-12(19)7-14(17)3-2-4-14/h5-6H,2-4,7,17H2,1H3,(H,18,19). The van der Waals surface area contributed by atoms with Gasteiger partial charge in [0.2, 0.25) is 5.91 Å². The van der Waals surface area contributed by atoms with Crippen LogP contribution in [0.3, 0.4) is 0 Å². The van der Waals surface area contributed by atoms with Gasteiger partial charge in [-0.15, -0.1) is 0 Å². The van der Waals surface area contributed by atoms with E-state index in [0.717, 1.165) is 32.4 Å². The predicted octanol–water partition coefficient (Wildman–Crippen LogP) is 1.96. The summed E-state index contributed by atoms with van der Waals surface area (Å²) in [5.41, 5.74) is 4.66. The van der Waals surface area contributed by atoms with E-state index in [1.807, 2.05) is 0 Å². The zero-order chi connectivity index (χ0) is 15.6. The zero-order valence-corrected chi connectivity index (χ0v) is 11.5. The number of nitrogens with one attached hydrogen (secondary N) is 1. The normalized spacial score (nSPS) is 16.0. The van der Waals surface area contributed by atoms with Gasteiger partial charge in [-0.1, -0.05) is 0 Å². The van der Waals surface area contributed by atoms with E-state index in [1.165, 1.54) is 0 Å². The number of ether oxygens (including phenoxy) is 1. The fourth-order valence-corrected chi connectivity index (χ4v) is 2.23. The minimum atomic E-state index is -1.05. The third kappa shape index (κ3) is 3.36. The number of esters is 1. The van der Waals surface area contributed by atoms with Gasteiger partial charge in [-0.25, -0.2) is 13.6 Å². The van der Waals surface area contributed by atoms with Gasteiger partial charge < -0.3 is 15.8 Å². The SMILES string of the molecule is COC(=O)c1cc(NC(=O)CC2(N)CCC2)c(F)cc1F. The van der Waals surface area contributed by atoms with E-state index in [1.54, 1.807) is 0 Å². The Morgan fingerprint density at radius 2 is 2.00 bits per heavy atom. The number of hydrogen-bond acceptors (Lipinski definition) is 4. The second-order valence-electron chi connectivity index (χ2n) is 5.24. The molecule has 5 nitrogen and oxygen atoms in total. The molecule has 0 saturated heterocycles. The van der Waals surface area contributed by atoms with Gasteiger partial charge in [-0.05, 0) is 25.3 Å². The highest BCUT2D eigenvalue weighted by atomic mass is 19.1. The van der Waals surface area contributed by atoms with Crippen LogP contribution in [0.5, 0.6) is 0 Å². The molecular weight excluding hydrogens is 282 g/mol. The van der Waals surface area contributed by atoms with Crippen LogP contribution in [-0.4, -0.2) is 24.5 Å². The molecule has 21 heavy (non-hydrogen) atoms. The number of amides is 1. The van der Waals surface area contributed by atoms with Gasteiger partial charge in [-0.2, -0.15) is 0 Å². The highest BCUT2D eigenvalue weighted by molar-refractivity contribution is 5.95. The molecule has 3 N–H and O–H groups in total. The van der Waals surface area contributed by atoms with Crippen LogP contribution < -0.4 is 11.1 Å². The smallest absolute Gasteiger partial charge is 0.340 e. The van der Waals surface area contributed by atoms with Crippen molar-refractivity contribution in [2.24, 2.45) is 5.73 Å². The van der Waals surface area contributed by atoms with Crippen LogP contribution >= 0.6 is 0 Å². The van der Waals surface area contributed by atoms with Gasteiger partial charge in [0.05, 0.1) is 18.4 Å². The Labute approximate surface area is 120 Å². The minimum absolute atomic E-state index is 0.0530. The van der Waals surface area contributed by atoms with Crippen LogP contribution in [0, 0.1) is 11.6 Å². The predicted molar refractivity (Wildman–Crippen MR) is 71.7 cm³/mol. The maximum Gasteiger partial charge on any atom is 0.340 e. The Kier molecular flexibility index (Phi) is 4.22. The number of carbonyl (C=O) groups is 2. The van der Waals surface area contributed by atoms with Crippen molar-refractivity contribution in [1.82, 2.24) is 0 Å². The summed E-state index contributed by atoms with van der Waals surface area (Å²) in [5.74, 6) is -3.43. The van der Waals surface area contributed by atoms with Gasteiger partial charge >= 0.3 is 5.97 Å². The lowest BCUT2D eigenvalue weighted by Crippen LogP contribution is -2.49. The molecule has 114 valence electrons. The number of halogens is 2. The lowest BCUT2D eigenvalue weighted by atomic mass is 9.75. The molecule has 0 spiro atoms. The first-order chi connectivity index (χ1) is 9.84. The third-order valence-electron chi connectivity index (χ3n) is 3.60. The van der Waals surface area contributed by atoms with Crippen molar-refractivity contribution < 1.29 is 23.1 Å². The van der Waals surface area contributed by atoms with Gasteiger partial charge in [0.15, 0.2) is 0 Å². The van der Waals surface area contributed by atoms with E-state index >= 15 is 0 Å².